The minimum Gasteiger partial charge on any atom is -0.370 e. The molecule has 1 aliphatic carbocycles. The van der Waals surface area contributed by atoms with Crippen LogP contribution in [0.2, 0.25) is 0 Å². The van der Waals surface area contributed by atoms with Crippen molar-refractivity contribution in [1.29, 1.82) is 0 Å². The largest absolute Gasteiger partial charge is 0.370 e. The summed E-state index contributed by atoms with van der Waals surface area (Å²) in [5.74, 6) is 0.591. The fourth-order valence-electron chi connectivity index (χ4n) is 2.56. The quantitative estimate of drug-likeness (QED) is 0.428. The van der Waals surface area contributed by atoms with Crippen LogP contribution in [-0.2, 0) is 11.8 Å². The Morgan fingerprint density at radius 2 is 2.05 bits per heavy atom. The molecule has 0 radical (unpaired) electrons. The topological polar surface area (TPSA) is 63.3 Å². The first-order chi connectivity index (χ1) is 9.95. The van der Waals surface area contributed by atoms with E-state index >= 15 is 0 Å². The summed E-state index contributed by atoms with van der Waals surface area (Å²) < 4.78 is 0. The van der Waals surface area contributed by atoms with E-state index in [2.05, 4.69) is 41.4 Å². The van der Waals surface area contributed by atoms with E-state index in [0.717, 1.165) is 12.1 Å². The van der Waals surface area contributed by atoms with Gasteiger partial charge in [0.05, 0.1) is 10.7 Å². The molecule has 4 nitrogen and oxygen atoms in total. The van der Waals surface area contributed by atoms with Gasteiger partial charge in [-0.25, -0.2) is 4.98 Å². The second kappa shape index (κ2) is 9.05. The number of rotatable bonds is 4. The standard InChI is InChI=1S/C16H28N4S.HI/c1-16(2,3)14-19-13(11-21-14)9-10-18-15(17)20-12-7-5-4-6-8-12;/h11-12H,4-10H2,1-3H3,(H3,17,18,20);1H. The Labute approximate surface area is 155 Å². The van der Waals surface area contributed by atoms with Gasteiger partial charge in [0.1, 0.15) is 0 Å². The minimum absolute atomic E-state index is 0. The number of halogens is 1. The summed E-state index contributed by atoms with van der Waals surface area (Å²) in [6, 6.07) is 0.522. The molecule has 0 aliphatic heterocycles. The van der Waals surface area contributed by atoms with Crippen molar-refractivity contribution < 1.29 is 0 Å². The highest BCUT2D eigenvalue weighted by molar-refractivity contribution is 14.0. The monoisotopic (exact) mass is 436 g/mol. The normalized spacial score (nSPS) is 17.1. The molecule has 2 rings (SSSR count). The Hall–Kier alpha value is -0.370. The maximum absolute atomic E-state index is 5.96. The van der Waals surface area contributed by atoms with Crippen LogP contribution in [0.25, 0.3) is 0 Å². The predicted octanol–water partition coefficient (Wildman–Crippen LogP) is 3.84. The van der Waals surface area contributed by atoms with E-state index in [9.17, 15) is 0 Å². The summed E-state index contributed by atoms with van der Waals surface area (Å²) in [5, 5.41) is 6.67. The maximum atomic E-state index is 5.96. The van der Waals surface area contributed by atoms with Gasteiger partial charge < -0.3 is 11.1 Å². The van der Waals surface area contributed by atoms with Crippen LogP contribution >= 0.6 is 35.3 Å². The SMILES string of the molecule is CC(C)(C)c1nc(CCN=C(N)NC2CCCCC2)cs1.I. The maximum Gasteiger partial charge on any atom is 0.188 e. The number of nitrogens with zero attached hydrogens (tertiary/aromatic N) is 2. The van der Waals surface area contributed by atoms with Crippen LogP contribution in [0.15, 0.2) is 10.4 Å². The molecule has 1 heterocycles. The zero-order valence-corrected chi connectivity index (χ0v) is 17.0. The van der Waals surface area contributed by atoms with Crippen molar-refractivity contribution in [1.82, 2.24) is 10.3 Å². The lowest BCUT2D eigenvalue weighted by molar-refractivity contribution is 0.412. The van der Waals surface area contributed by atoms with E-state index in [1.54, 1.807) is 11.3 Å². The molecule has 1 aromatic rings. The molecule has 1 aliphatic rings. The third-order valence-electron chi connectivity index (χ3n) is 3.80. The Morgan fingerprint density at radius 3 is 2.64 bits per heavy atom. The summed E-state index contributed by atoms with van der Waals surface area (Å²) >= 11 is 1.74. The number of aromatic nitrogens is 1. The Morgan fingerprint density at radius 1 is 1.36 bits per heavy atom. The smallest absolute Gasteiger partial charge is 0.188 e. The molecule has 126 valence electrons. The summed E-state index contributed by atoms with van der Waals surface area (Å²) in [4.78, 5) is 9.12. The molecule has 6 heteroatoms. The van der Waals surface area contributed by atoms with Crippen LogP contribution in [-0.4, -0.2) is 23.5 Å². The van der Waals surface area contributed by atoms with Crippen molar-refractivity contribution in [2.45, 2.75) is 70.8 Å². The summed E-state index contributed by atoms with van der Waals surface area (Å²) in [7, 11) is 0. The Bertz CT molecular complexity index is 473. The van der Waals surface area contributed by atoms with Gasteiger partial charge >= 0.3 is 0 Å². The highest BCUT2D eigenvalue weighted by atomic mass is 127. The van der Waals surface area contributed by atoms with Crippen molar-refractivity contribution >= 4 is 41.3 Å². The molecule has 0 unspecified atom stereocenters. The van der Waals surface area contributed by atoms with Crippen molar-refractivity contribution in [2.24, 2.45) is 10.7 Å². The number of guanidine groups is 1. The molecule has 1 fully saturated rings. The lowest BCUT2D eigenvalue weighted by atomic mass is 9.96. The summed E-state index contributed by atoms with van der Waals surface area (Å²) in [6.07, 6.45) is 7.27. The molecule has 0 bridgehead atoms. The highest BCUT2D eigenvalue weighted by Crippen LogP contribution is 2.25. The van der Waals surface area contributed by atoms with Crippen LogP contribution in [0.1, 0.15) is 63.6 Å². The van der Waals surface area contributed by atoms with Gasteiger partial charge in [0.15, 0.2) is 5.96 Å². The van der Waals surface area contributed by atoms with Crippen molar-refractivity contribution in [2.75, 3.05) is 6.54 Å². The fraction of sp³-hybridized carbons (Fsp3) is 0.750. The molecule has 0 amide bonds. The molecular weight excluding hydrogens is 407 g/mol. The number of aliphatic imine (C=N–C) groups is 1. The zero-order valence-electron chi connectivity index (χ0n) is 13.9. The third-order valence-corrected chi connectivity index (χ3v) is 5.12. The number of hydrogen-bond acceptors (Lipinski definition) is 3. The molecular formula is C16H29IN4S. The Balaban J connectivity index is 0.00000242. The first kappa shape index (κ1) is 19.7. The van der Waals surface area contributed by atoms with Gasteiger partial charge in [-0.15, -0.1) is 35.3 Å². The molecule has 1 aromatic heterocycles. The average molecular weight is 436 g/mol. The van der Waals surface area contributed by atoms with Gasteiger partial charge in [-0.3, -0.25) is 4.99 Å². The van der Waals surface area contributed by atoms with Crippen molar-refractivity contribution in [3.63, 3.8) is 0 Å². The van der Waals surface area contributed by atoms with Crippen LogP contribution in [0.5, 0.6) is 0 Å². The molecule has 0 spiro atoms. The first-order valence-corrected chi connectivity index (χ1v) is 8.84. The van der Waals surface area contributed by atoms with Crippen molar-refractivity contribution in [3.05, 3.63) is 16.1 Å². The second-order valence-electron chi connectivity index (χ2n) is 6.89. The van der Waals surface area contributed by atoms with Crippen molar-refractivity contribution in [3.8, 4) is 0 Å². The van der Waals surface area contributed by atoms with Gasteiger partial charge in [-0.1, -0.05) is 40.0 Å². The van der Waals surface area contributed by atoms with Crippen LogP contribution in [0.3, 0.4) is 0 Å². The van der Waals surface area contributed by atoms with E-state index in [1.807, 2.05) is 0 Å². The number of thiazole rings is 1. The van der Waals surface area contributed by atoms with Crippen LogP contribution < -0.4 is 11.1 Å². The van der Waals surface area contributed by atoms with E-state index in [-0.39, 0.29) is 29.4 Å². The number of nitrogens with one attached hydrogen (secondary N) is 1. The van der Waals surface area contributed by atoms with Gasteiger partial charge in [0, 0.05) is 29.8 Å². The Kier molecular flexibility index (Phi) is 8.10. The molecule has 0 atom stereocenters. The third kappa shape index (κ3) is 6.40. The fourth-order valence-corrected chi connectivity index (χ4v) is 3.50. The van der Waals surface area contributed by atoms with Gasteiger partial charge in [-0.05, 0) is 12.8 Å². The average Bonchev–Trinajstić information content (AvgIpc) is 2.88. The van der Waals surface area contributed by atoms with Gasteiger partial charge in [0.2, 0.25) is 0 Å². The lowest BCUT2D eigenvalue weighted by Gasteiger charge is -2.23. The predicted molar refractivity (Wildman–Crippen MR) is 106 cm³/mol. The van der Waals surface area contributed by atoms with E-state index < -0.39 is 0 Å². The first-order valence-electron chi connectivity index (χ1n) is 7.96. The second-order valence-corrected chi connectivity index (χ2v) is 7.75. The molecule has 22 heavy (non-hydrogen) atoms. The van der Waals surface area contributed by atoms with E-state index in [1.165, 1.54) is 37.1 Å². The molecule has 0 saturated heterocycles. The van der Waals surface area contributed by atoms with Gasteiger partial charge in [0.25, 0.3) is 0 Å². The molecule has 0 aromatic carbocycles. The van der Waals surface area contributed by atoms with Gasteiger partial charge in [-0.2, -0.15) is 0 Å². The number of hydrogen-bond donors (Lipinski definition) is 2. The summed E-state index contributed by atoms with van der Waals surface area (Å²) in [5.41, 5.74) is 7.22. The lowest BCUT2D eigenvalue weighted by Crippen LogP contribution is -2.41. The minimum atomic E-state index is 0. The zero-order chi connectivity index (χ0) is 15.3. The van der Waals surface area contributed by atoms with Crippen LogP contribution in [0.4, 0.5) is 0 Å². The van der Waals surface area contributed by atoms with Crippen LogP contribution in [0, 0.1) is 0 Å². The van der Waals surface area contributed by atoms with E-state index in [4.69, 9.17) is 5.73 Å². The highest BCUT2D eigenvalue weighted by Gasteiger charge is 2.17. The molecule has 3 N–H and O–H groups in total. The van der Waals surface area contributed by atoms with E-state index in [0.29, 0.717) is 18.5 Å². The summed E-state index contributed by atoms with van der Waals surface area (Å²) in [6.45, 7) is 7.29. The molecule has 1 saturated carbocycles. The number of nitrogens with two attached hydrogens (primary N) is 1.